The molecular weight excluding hydrogens is 369 g/mol. The van der Waals surface area contributed by atoms with Gasteiger partial charge in [-0.15, -0.1) is 0 Å². The molecule has 152 valence electrons. The van der Waals surface area contributed by atoms with Crippen molar-refractivity contribution in [3.05, 3.63) is 41.5 Å². The summed E-state index contributed by atoms with van der Waals surface area (Å²) in [4.78, 5) is 26.6. The minimum atomic E-state index is -4.39. The lowest BCUT2D eigenvalue weighted by atomic mass is 9.92. The summed E-state index contributed by atoms with van der Waals surface area (Å²) < 4.78 is 37.7. The first-order valence-electron chi connectivity index (χ1n) is 9.78. The van der Waals surface area contributed by atoms with Gasteiger partial charge in [0.05, 0.1) is 5.56 Å². The molecule has 0 saturated carbocycles. The fourth-order valence-electron chi connectivity index (χ4n) is 3.85. The summed E-state index contributed by atoms with van der Waals surface area (Å²) in [5.74, 6) is 0.191. The summed E-state index contributed by atoms with van der Waals surface area (Å²) in [5, 5.41) is 2.64. The molecule has 1 N–H and O–H groups in total. The van der Waals surface area contributed by atoms with Gasteiger partial charge in [0.1, 0.15) is 0 Å². The van der Waals surface area contributed by atoms with Gasteiger partial charge in [-0.2, -0.15) is 13.2 Å². The lowest BCUT2D eigenvalue weighted by Crippen LogP contribution is -2.40. The average molecular weight is 394 g/mol. The average Bonchev–Trinajstić information content (AvgIpc) is 3.20. The van der Waals surface area contributed by atoms with Crippen LogP contribution in [-0.2, 0) is 15.8 Å². The third kappa shape index (κ3) is 5.36. The van der Waals surface area contributed by atoms with Crippen molar-refractivity contribution in [1.29, 1.82) is 0 Å². The van der Waals surface area contributed by atoms with Gasteiger partial charge >= 0.3 is 6.18 Å². The zero-order valence-corrected chi connectivity index (χ0v) is 15.7. The number of likely N-dealkylation sites (tertiary alicyclic amines) is 1. The minimum absolute atomic E-state index is 0.136. The van der Waals surface area contributed by atoms with Crippen LogP contribution in [0.15, 0.2) is 35.9 Å². The van der Waals surface area contributed by atoms with E-state index in [1.54, 1.807) is 0 Å². The third-order valence-electron chi connectivity index (χ3n) is 5.40. The molecular formula is C21H25F3N2O2. The predicted octanol–water partition coefficient (Wildman–Crippen LogP) is 4.77. The number of carbonyl (C=O) groups is 2. The Bertz CT molecular complexity index is 741. The molecule has 2 aliphatic rings. The standard InChI is InChI=1S/C21H25F3N2O2/c22-21(23,24)17-8-10-18(11-9-17)25-19(27)12-7-15-4-3-13-26(14-15)20(28)16-5-1-2-6-16/h5,8-11,15H,1-4,6-7,12-14H2,(H,25,27)/t15-/m0/s1. The van der Waals surface area contributed by atoms with E-state index in [-0.39, 0.29) is 24.2 Å². The van der Waals surface area contributed by atoms with Gasteiger partial charge in [-0.3, -0.25) is 9.59 Å². The first kappa shape index (κ1) is 20.4. The molecule has 7 heteroatoms. The highest BCUT2D eigenvalue weighted by atomic mass is 19.4. The Morgan fingerprint density at radius 3 is 2.54 bits per heavy atom. The number of piperidine rings is 1. The molecule has 1 aliphatic carbocycles. The predicted molar refractivity (Wildman–Crippen MR) is 101 cm³/mol. The highest BCUT2D eigenvalue weighted by Crippen LogP contribution is 2.30. The Hall–Kier alpha value is -2.31. The molecule has 0 radical (unpaired) electrons. The van der Waals surface area contributed by atoms with Crippen LogP contribution in [0.25, 0.3) is 0 Å². The molecule has 3 rings (SSSR count). The minimum Gasteiger partial charge on any atom is -0.339 e. The molecule has 1 aliphatic heterocycles. The Labute approximate surface area is 162 Å². The van der Waals surface area contributed by atoms with Crippen molar-refractivity contribution < 1.29 is 22.8 Å². The van der Waals surface area contributed by atoms with Crippen molar-refractivity contribution in [2.45, 2.75) is 51.1 Å². The maximum absolute atomic E-state index is 12.6. The molecule has 28 heavy (non-hydrogen) atoms. The van der Waals surface area contributed by atoms with E-state index in [9.17, 15) is 22.8 Å². The number of nitrogens with one attached hydrogen (secondary N) is 1. The number of alkyl halides is 3. The molecule has 1 fully saturated rings. The van der Waals surface area contributed by atoms with Gasteiger partial charge in [-0.1, -0.05) is 6.08 Å². The number of rotatable bonds is 5. The van der Waals surface area contributed by atoms with Crippen molar-refractivity contribution in [1.82, 2.24) is 4.90 Å². The van der Waals surface area contributed by atoms with E-state index in [1.165, 1.54) is 12.1 Å². The monoisotopic (exact) mass is 394 g/mol. The number of hydrogen-bond donors (Lipinski definition) is 1. The Balaban J connectivity index is 1.45. The van der Waals surface area contributed by atoms with E-state index >= 15 is 0 Å². The largest absolute Gasteiger partial charge is 0.416 e. The molecule has 1 heterocycles. The van der Waals surface area contributed by atoms with Crippen LogP contribution in [-0.4, -0.2) is 29.8 Å². The Kier molecular flexibility index (Phi) is 6.42. The second-order valence-corrected chi connectivity index (χ2v) is 7.54. The maximum Gasteiger partial charge on any atom is 0.416 e. The van der Waals surface area contributed by atoms with Crippen LogP contribution < -0.4 is 5.32 Å². The first-order chi connectivity index (χ1) is 13.3. The first-order valence-corrected chi connectivity index (χ1v) is 9.78. The summed E-state index contributed by atoms with van der Waals surface area (Å²) in [5.41, 5.74) is 0.530. The summed E-state index contributed by atoms with van der Waals surface area (Å²) in [6.45, 7) is 1.44. The van der Waals surface area contributed by atoms with Crippen molar-refractivity contribution in [3.63, 3.8) is 0 Å². The number of carbonyl (C=O) groups excluding carboxylic acids is 2. The molecule has 1 aromatic carbocycles. The number of amides is 2. The Morgan fingerprint density at radius 2 is 1.89 bits per heavy atom. The smallest absolute Gasteiger partial charge is 0.339 e. The number of benzene rings is 1. The molecule has 1 saturated heterocycles. The SMILES string of the molecule is O=C(CC[C@@H]1CCCN(C(=O)C2=CCCC2)C1)Nc1ccc(C(F)(F)F)cc1. The van der Waals surface area contributed by atoms with Gasteiger partial charge in [-0.05, 0) is 68.7 Å². The summed E-state index contributed by atoms with van der Waals surface area (Å²) in [6.07, 6.45) is 3.39. The van der Waals surface area contributed by atoms with E-state index in [4.69, 9.17) is 0 Å². The van der Waals surface area contributed by atoms with E-state index in [0.29, 0.717) is 18.7 Å². The van der Waals surface area contributed by atoms with Crippen LogP contribution in [0, 0.1) is 5.92 Å². The van der Waals surface area contributed by atoms with E-state index in [2.05, 4.69) is 5.32 Å². The number of halogens is 3. The van der Waals surface area contributed by atoms with Crippen LogP contribution in [0.1, 0.15) is 50.5 Å². The number of hydrogen-bond acceptors (Lipinski definition) is 2. The summed E-state index contributed by atoms with van der Waals surface area (Å²) in [7, 11) is 0. The van der Waals surface area contributed by atoms with Crippen molar-refractivity contribution in [3.8, 4) is 0 Å². The quantitative estimate of drug-likeness (QED) is 0.782. The number of nitrogens with zero attached hydrogens (tertiary/aromatic N) is 1. The molecule has 0 aromatic heterocycles. The molecule has 1 aromatic rings. The van der Waals surface area contributed by atoms with Gasteiger partial charge in [0.15, 0.2) is 0 Å². The van der Waals surface area contributed by atoms with Crippen LogP contribution in [0.4, 0.5) is 18.9 Å². The van der Waals surface area contributed by atoms with Crippen LogP contribution in [0.2, 0.25) is 0 Å². The number of anilines is 1. The molecule has 0 unspecified atom stereocenters. The van der Waals surface area contributed by atoms with E-state index in [1.807, 2.05) is 11.0 Å². The second-order valence-electron chi connectivity index (χ2n) is 7.54. The van der Waals surface area contributed by atoms with E-state index < -0.39 is 11.7 Å². The fraction of sp³-hybridized carbons (Fsp3) is 0.524. The Morgan fingerprint density at radius 1 is 1.14 bits per heavy atom. The summed E-state index contributed by atoms with van der Waals surface area (Å²) >= 11 is 0. The molecule has 4 nitrogen and oxygen atoms in total. The lowest BCUT2D eigenvalue weighted by molar-refractivity contribution is -0.137. The van der Waals surface area contributed by atoms with Crippen LogP contribution in [0.3, 0.4) is 0 Å². The topological polar surface area (TPSA) is 49.4 Å². The molecule has 1 atom stereocenters. The fourth-order valence-corrected chi connectivity index (χ4v) is 3.85. The maximum atomic E-state index is 12.6. The van der Waals surface area contributed by atoms with Gasteiger partial charge < -0.3 is 10.2 Å². The van der Waals surface area contributed by atoms with Crippen LogP contribution in [0.5, 0.6) is 0 Å². The second kappa shape index (κ2) is 8.80. The van der Waals surface area contributed by atoms with Gasteiger partial charge in [0, 0.05) is 30.8 Å². The lowest BCUT2D eigenvalue weighted by Gasteiger charge is -2.33. The van der Waals surface area contributed by atoms with Crippen LogP contribution >= 0.6 is 0 Å². The van der Waals surface area contributed by atoms with Crippen molar-refractivity contribution in [2.24, 2.45) is 5.92 Å². The van der Waals surface area contributed by atoms with Gasteiger partial charge in [0.2, 0.25) is 11.8 Å². The van der Waals surface area contributed by atoms with Gasteiger partial charge in [-0.25, -0.2) is 0 Å². The third-order valence-corrected chi connectivity index (χ3v) is 5.40. The number of allylic oxidation sites excluding steroid dienone is 1. The van der Waals surface area contributed by atoms with E-state index in [0.717, 1.165) is 56.4 Å². The van der Waals surface area contributed by atoms with Gasteiger partial charge in [0.25, 0.3) is 0 Å². The zero-order chi connectivity index (χ0) is 20.1. The highest BCUT2D eigenvalue weighted by Gasteiger charge is 2.30. The highest BCUT2D eigenvalue weighted by molar-refractivity contribution is 5.94. The molecule has 0 spiro atoms. The van der Waals surface area contributed by atoms with Crippen molar-refractivity contribution in [2.75, 3.05) is 18.4 Å². The normalized spacial score (nSPS) is 20.0. The molecule has 0 bridgehead atoms. The summed E-state index contributed by atoms with van der Waals surface area (Å²) in [6, 6.07) is 4.43. The zero-order valence-electron chi connectivity index (χ0n) is 15.7. The van der Waals surface area contributed by atoms with Crippen molar-refractivity contribution >= 4 is 17.5 Å². The molecule has 2 amide bonds.